The Morgan fingerprint density at radius 2 is 2.00 bits per heavy atom. The number of unbranched alkanes of at least 4 members (excludes halogenated alkanes) is 1. The summed E-state index contributed by atoms with van der Waals surface area (Å²) in [6, 6.07) is 7.89. The average molecular weight is 234 g/mol. The third-order valence-corrected chi connectivity index (χ3v) is 2.52. The molecule has 0 bridgehead atoms. The molecule has 1 aromatic rings. The Bertz CT molecular complexity index is 263. The van der Waals surface area contributed by atoms with E-state index in [0.717, 1.165) is 23.4 Å². The molecule has 1 unspecified atom stereocenters. The van der Waals surface area contributed by atoms with Crippen LogP contribution < -0.4 is 5.73 Å². The second-order valence-electron chi connectivity index (χ2n) is 3.27. The van der Waals surface area contributed by atoms with Crippen molar-refractivity contribution in [3.63, 3.8) is 0 Å². The zero-order valence-corrected chi connectivity index (χ0v) is 9.94. The van der Waals surface area contributed by atoms with Gasteiger partial charge in [0.05, 0.1) is 0 Å². The maximum atomic E-state index is 6.02. The predicted molar refractivity (Wildman–Crippen MR) is 65.2 cm³/mol. The van der Waals surface area contributed by atoms with Crippen LogP contribution in [0.1, 0.15) is 37.8 Å². The first-order valence-electron chi connectivity index (χ1n) is 4.75. The van der Waals surface area contributed by atoms with E-state index in [-0.39, 0.29) is 18.4 Å². The molecule has 80 valence electrons. The molecule has 14 heavy (non-hydrogen) atoms. The van der Waals surface area contributed by atoms with Gasteiger partial charge in [0.1, 0.15) is 0 Å². The van der Waals surface area contributed by atoms with E-state index in [0.29, 0.717) is 0 Å². The van der Waals surface area contributed by atoms with Crippen molar-refractivity contribution in [2.75, 3.05) is 0 Å². The van der Waals surface area contributed by atoms with Gasteiger partial charge in [-0.25, -0.2) is 0 Å². The van der Waals surface area contributed by atoms with E-state index in [2.05, 4.69) is 6.92 Å². The molecule has 1 aromatic carbocycles. The predicted octanol–water partition coefficient (Wildman–Crippen LogP) is 3.95. The van der Waals surface area contributed by atoms with Crippen LogP contribution in [-0.2, 0) is 0 Å². The van der Waals surface area contributed by atoms with Gasteiger partial charge in [0.15, 0.2) is 0 Å². The van der Waals surface area contributed by atoms with Crippen molar-refractivity contribution in [1.29, 1.82) is 0 Å². The molecule has 0 spiro atoms. The first-order chi connectivity index (χ1) is 6.25. The standard InChI is InChI=1S/C11H16ClN.ClH/c1-2-3-8-11(13)9-6-4-5-7-10(9)12;/h4-7,11H,2-3,8,13H2,1H3;1H. The SMILES string of the molecule is CCCCC(N)c1ccccc1Cl.Cl. The summed E-state index contributed by atoms with van der Waals surface area (Å²) in [5, 5.41) is 0.783. The molecule has 0 aliphatic heterocycles. The lowest BCUT2D eigenvalue weighted by molar-refractivity contribution is 0.603. The molecule has 0 aliphatic rings. The van der Waals surface area contributed by atoms with Crippen LogP contribution in [0.4, 0.5) is 0 Å². The summed E-state index contributed by atoms with van der Waals surface area (Å²) in [6.07, 6.45) is 3.35. The molecule has 3 heteroatoms. The van der Waals surface area contributed by atoms with Crippen molar-refractivity contribution in [3.8, 4) is 0 Å². The van der Waals surface area contributed by atoms with E-state index in [1.807, 2.05) is 24.3 Å². The van der Waals surface area contributed by atoms with Crippen LogP contribution in [0.2, 0.25) is 5.02 Å². The second-order valence-corrected chi connectivity index (χ2v) is 3.68. The highest BCUT2D eigenvalue weighted by molar-refractivity contribution is 6.31. The maximum Gasteiger partial charge on any atom is 0.0453 e. The zero-order chi connectivity index (χ0) is 9.68. The number of hydrogen-bond donors (Lipinski definition) is 1. The van der Waals surface area contributed by atoms with Crippen LogP contribution in [0.3, 0.4) is 0 Å². The molecule has 0 radical (unpaired) electrons. The number of nitrogens with two attached hydrogens (primary N) is 1. The third kappa shape index (κ3) is 3.87. The highest BCUT2D eigenvalue weighted by atomic mass is 35.5. The fraction of sp³-hybridized carbons (Fsp3) is 0.455. The second kappa shape index (κ2) is 7.10. The Morgan fingerprint density at radius 1 is 1.36 bits per heavy atom. The quantitative estimate of drug-likeness (QED) is 0.838. The molecule has 0 saturated carbocycles. The maximum absolute atomic E-state index is 6.02. The minimum Gasteiger partial charge on any atom is -0.324 e. The molecule has 1 nitrogen and oxygen atoms in total. The van der Waals surface area contributed by atoms with E-state index in [4.69, 9.17) is 17.3 Å². The van der Waals surface area contributed by atoms with Gasteiger partial charge in [-0.15, -0.1) is 12.4 Å². The highest BCUT2D eigenvalue weighted by Gasteiger charge is 2.07. The highest BCUT2D eigenvalue weighted by Crippen LogP contribution is 2.24. The Morgan fingerprint density at radius 3 is 2.57 bits per heavy atom. The van der Waals surface area contributed by atoms with Gasteiger partial charge in [-0.3, -0.25) is 0 Å². The number of benzene rings is 1. The van der Waals surface area contributed by atoms with Gasteiger partial charge < -0.3 is 5.73 Å². The first kappa shape index (κ1) is 13.8. The van der Waals surface area contributed by atoms with Crippen molar-refractivity contribution < 1.29 is 0 Å². The molecule has 2 N–H and O–H groups in total. The fourth-order valence-electron chi connectivity index (χ4n) is 1.36. The van der Waals surface area contributed by atoms with Crippen LogP contribution >= 0.6 is 24.0 Å². The molecule has 0 aromatic heterocycles. The summed E-state index contributed by atoms with van der Waals surface area (Å²) in [6.45, 7) is 2.17. The van der Waals surface area contributed by atoms with Gasteiger partial charge in [-0.2, -0.15) is 0 Å². The zero-order valence-electron chi connectivity index (χ0n) is 8.37. The molecular weight excluding hydrogens is 217 g/mol. The van der Waals surface area contributed by atoms with Crippen molar-refractivity contribution >= 4 is 24.0 Å². The average Bonchev–Trinajstić information content (AvgIpc) is 2.15. The summed E-state index contributed by atoms with van der Waals surface area (Å²) in [4.78, 5) is 0. The molecule has 0 aliphatic carbocycles. The summed E-state index contributed by atoms with van der Waals surface area (Å²) >= 11 is 6.02. The Kier molecular flexibility index (Phi) is 6.98. The van der Waals surface area contributed by atoms with Gasteiger partial charge in [0.2, 0.25) is 0 Å². The molecule has 0 amide bonds. The summed E-state index contributed by atoms with van der Waals surface area (Å²) in [5.41, 5.74) is 7.06. The molecule has 0 fully saturated rings. The van der Waals surface area contributed by atoms with E-state index in [1.165, 1.54) is 6.42 Å². The lowest BCUT2D eigenvalue weighted by Crippen LogP contribution is -2.10. The molecule has 1 atom stereocenters. The van der Waals surface area contributed by atoms with E-state index in [9.17, 15) is 0 Å². The van der Waals surface area contributed by atoms with Gasteiger partial charge in [0.25, 0.3) is 0 Å². The summed E-state index contributed by atoms with van der Waals surface area (Å²) in [7, 11) is 0. The summed E-state index contributed by atoms with van der Waals surface area (Å²) < 4.78 is 0. The van der Waals surface area contributed by atoms with Crippen molar-refractivity contribution in [2.45, 2.75) is 32.2 Å². The Labute approximate surface area is 97.1 Å². The molecule has 1 rings (SSSR count). The number of rotatable bonds is 4. The molecular formula is C11H17Cl2N. The smallest absolute Gasteiger partial charge is 0.0453 e. The topological polar surface area (TPSA) is 26.0 Å². The van der Waals surface area contributed by atoms with Crippen molar-refractivity contribution in [1.82, 2.24) is 0 Å². The minimum absolute atomic E-state index is 0. The van der Waals surface area contributed by atoms with Gasteiger partial charge in [0, 0.05) is 11.1 Å². The van der Waals surface area contributed by atoms with Gasteiger partial charge in [-0.05, 0) is 18.1 Å². The van der Waals surface area contributed by atoms with Crippen molar-refractivity contribution in [2.24, 2.45) is 5.73 Å². The van der Waals surface area contributed by atoms with E-state index >= 15 is 0 Å². The molecule has 0 heterocycles. The van der Waals surface area contributed by atoms with Crippen LogP contribution in [-0.4, -0.2) is 0 Å². The van der Waals surface area contributed by atoms with Crippen LogP contribution in [0.15, 0.2) is 24.3 Å². The number of hydrogen-bond acceptors (Lipinski definition) is 1. The van der Waals surface area contributed by atoms with Crippen LogP contribution in [0, 0.1) is 0 Å². The van der Waals surface area contributed by atoms with Gasteiger partial charge in [-0.1, -0.05) is 49.6 Å². The monoisotopic (exact) mass is 233 g/mol. The van der Waals surface area contributed by atoms with Crippen LogP contribution in [0.5, 0.6) is 0 Å². The van der Waals surface area contributed by atoms with Crippen LogP contribution in [0.25, 0.3) is 0 Å². The van der Waals surface area contributed by atoms with E-state index < -0.39 is 0 Å². The van der Waals surface area contributed by atoms with Gasteiger partial charge >= 0.3 is 0 Å². The third-order valence-electron chi connectivity index (χ3n) is 2.17. The lowest BCUT2D eigenvalue weighted by atomic mass is 10.0. The summed E-state index contributed by atoms with van der Waals surface area (Å²) in [5.74, 6) is 0. The van der Waals surface area contributed by atoms with Crippen molar-refractivity contribution in [3.05, 3.63) is 34.9 Å². The Hall–Kier alpha value is -0.240. The first-order valence-corrected chi connectivity index (χ1v) is 5.13. The normalized spacial score (nSPS) is 11.9. The Balaban J connectivity index is 0.00000169. The largest absolute Gasteiger partial charge is 0.324 e. The molecule has 0 saturated heterocycles. The lowest BCUT2D eigenvalue weighted by Gasteiger charge is -2.12. The fourth-order valence-corrected chi connectivity index (χ4v) is 1.63. The van der Waals surface area contributed by atoms with E-state index in [1.54, 1.807) is 0 Å². The number of halogens is 2. The minimum atomic E-state index is 0.